The maximum absolute atomic E-state index is 12.1. The van der Waals surface area contributed by atoms with E-state index in [1.54, 1.807) is 12.3 Å². The minimum Gasteiger partial charge on any atom is -0.383 e. The third-order valence-corrected chi connectivity index (χ3v) is 4.35. The molecule has 4 nitrogen and oxygen atoms in total. The lowest BCUT2D eigenvalue weighted by molar-refractivity contribution is 0.0850. The standard InChI is InChI=1S/C13H18BrN3O/c1-2-13(4-3-5-13)8-17-12(18)10-6-9(14)7-16-11(10)15/h6-7H,2-5,8H2,1H3,(H2,15,16)(H,17,18). The van der Waals surface area contributed by atoms with Crippen molar-refractivity contribution < 1.29 is 4.79 Å². The molecule has 18 heavy (non-hydrogen) atoms. The Bertz CT molecular complexity index is 452. The molecule has 1 heterocycles. The Morgan fingerprint density at radius 2 is 2.33 bits per heavy atom. The van der Waals surface area contributed by atoms with Crippen LogP contribution in [0.4, 0.5) is 5.82 Å². The van der Waals surface area contributed by atoms with Crippen molar-refractivity contribution >= 4 is 27.7 Å². The van der Waals surface area contributed by atoms with Crippen LogP contribution in [0.25, 0.3) is 0 Å². The van der Waals surface area contributed by atoms with Gasteiger partial charge in [0.1, 0.15) is 5.82 Å². The smallest absolute Gasteiger partial charge is 0.255 e. The van der Waals surface area contributed by atoms with Gasteiger partial charge in [0.15, 0.2) is 0 Å². The van der Waals surface area contributed by atoms with Crippen LogP contribution in [0, 0.1) is 5.41 Å². The van der Waals surface area contributed by atoms with Gasteiger partial charge < -0.3 is 11.1 Å². The van der Waals surface area contributed by atoms with E-state index in [1.807, 2.05) is 0 Å². The lowest BCUT2D eigenvalue weighted by Crippen LogP contribution is -2.41. The van der Waals surface area contributed by atoms with E-state index in [0.717, 1.165) is 17.4 Å². The highest BCUT2D eigenvalue weighted by atomic mass is 79.9. The van der Waals surface area contributed by atoms with E-state index in [2.05, 4.69) is 33.2 Å². The summed E-state index contributed by atoms with van der Waals surface area (Å²) < 4.78 is 0.760. The second-order valence-corrected chi connectivity index (χ2v) is 5.89. The molecule has 5 heteroatoms. The summed E-state index contributed by atoms with van der Waals surface area (Å²) in [4.78, 5) is 16.0. The summed E-state index contributed by atoms with van der Waals surface area (Å²) in [6.07, 6.45) is 6.38. The lowest BCUT2D eigenvalue weighted by Gasteiger charge is -2.41. The Labute approximate surface area is 115 Å². The van der Waals surface area contributed by atoms with Crippen molar-refractivity contribution in [2.24, 2.45) is 5.41 Å². The van der Waals surface area contributed by atoms with E-state index in [9.17, 15) is 4.79 Å². The van der Waals surface area contributed by atoms with Crippen molar-refractivity contribution in [1.29, 1.82) is 0 Å². The first-order chi connectivity index (χ1) is 8.56. The van der Waals surface area contributed by atoms with Gasteiger partial charge in [0.05, 0.1) is 5.56 Å². The van der Waals surface area contributed by atoms with E-state index < -0.39 is 0 Å². The van der Waals surface area contributed by atoms with Gasteiger partial charge in [-0.15, -0.1) is 0 Å². The molecular weight excluding hydrogens is 294 g/mol. The van der Waals surface area contributed by atoms with Gasteiger partial charge in [-0.2, -0.15) is 0 Å². The molecule has 98 valence electrons. The monoisotopic (exact) mass is 311 g/mol. The summed E-state index contributed by atoms with van der Waals surface area (Å²) in [5.74, 6) is 0.135. The van der Waals surface area contributed by atoms with Gasteiger partial charge in [0.2, 0.25) is 0 Å². The van der Waals surface area contributed by atoms with Crippen molar-refractivity contribution in [1.82, 2.24) is 10.3 Å². The van der Waals surface area contributed by atoms with Crippen LogP contribution in [0.3, 0.4) is 0 Å². The molecule has 1 fully saturated rings. The van der Waals surface area contributed by atoms with E-state index in [-0.39, 0.29) is 11.7 Å². The number of rotatable bonds is 4. The average Bonchev–Trinajstić information content (AvgIpc) is 2.31. The van der Waals surface area contributed by atoms with Crippen LogP contribution in [-0.4, -0.2) is 17.4 Å². The third-order valence-electron chi connectivity index (χ3n) is 3.92. The second kappa shape index (κ2) is 5.26. The molecule has 0 saturated heterocycles. The van der Waals surface area contributed by atoms with Crippen molar-refractivity contribution in [2.75, 3.05) is 12.3 Å². The molecule has 1 saturated carbocycles. The zero-order valence-corrected chi connectivity index (χ0v) is 12.1. The molecule has 1 amide bonds. The summed E-state index contributed by atoms with van der Waals surface area (Å²) in [6.45, 7) is 2.91. The fourth-order valence-corrected chi connectivity index (χ4v) is 2.66. The van der Waals surface area contributed by atoms with Crippen molar-refractivity contribution in [3.8, 4) is 0 Å². The maximum Gasteiger partial charge on any atom is 0.255 e. The number of amides is 1. The molecule has 1 aliphatic rings. The van der Waals surface area contributed by atoms with Crippen molar-refractivity contribution in [3.63, 3.8) is 0 Å². The van der Waals surface area contributed by atoms with Crippen LogP contribution >= 0.6 is 15.9 Å². The largest absolute Gasteiger partial charge is 0.383 e. The molecule has 0 aromatic carbocycles. The number of aromatic nitrogens is 1. The van der Waals surface area contributed by atoms with E-state index in [1.165, 1.54) is 19.3 Å². The molecule has 3 N–H and O–H groups in total. The Morgan fingerprint density at radius 1 is 1.61 bits per heavy atom. The molecule has 0 spiro atoms. The summed E-state index contributed by atoms with van der Waals surface area (Å²) in [7, 11) is 0. The number of nitrogens with zero attached hydrogens (tertiary/aromatic N) is 1. The molecule has 1 aliphatic carbocycles. The average molecular weight is 312 g/mol. The predicted molar refractivity (Wildman–Crippen MR) is 75.3 cm³/mol. The number of anilines is 1. The Kier molecular flexibility index (Phi) is 3.90. The fourth-order valence-electron chi connectivity index (χ4n) is 2.33. The quantitative estimate of drug-likeness (QED) is 0.898. The highest BCUT2D eigenvalue weighted by Crippen LogP contribution is 2.43. The number of nitrogens with two attached hydrogens (primary N) is 1. The molecular formula is C13H18BrN3O. The molecule has 0 aliphatic heterocycles. The molecule has 1 aromatic rings. The van der Waals surface area contributed by atoms with Crippen molar-refractivity contribution in [2.45, 2.75) is 32.6 Å². The Hall–Kier alpha value is -1.10. The normalized spacial score (nSPS) is 17.0. The minimum absolute atomic E-state index is 0.138. The first-order valence-corrected chi connectivity index (χ1v) is 7.05. The number of hydrogen-bond donors (Lipinski definition) is 2. The van der Waals surface area contributed by atoms with Crippen LogP contribution in [0.2, 0.25) is 0 Å². The summed E-state index contributed by atoms with van der Waals surface area (Å²) >= 11 is 3.30. The molecule has 0 unspecified atom stereocenters. The van der Waals surface area contributed by atoms with Crippen LogP contribution in [0.1, 0.15) is 43.0 Å². The topological polar surface area (TPSA) is 68.0 Å². The van der Waals surface area contributed by atoms with E-state index >= 15 is 0 Å². The number of carbonyl (C=O) groups excluding carboxylic acids is 1. The first kappa shape index (κ1) is 13.3. The number of nitrogen functional groups attached to an aromatic ring is 1. The zero-order valence-electron chi connectivity index (χ0n) is 10.5. The highest BCUT2D eigenvalue weighted by molar-refractivity contribution is 9.10. The van der Waals surface area contributed by atoms with Crippen LogP contribution in [0.5, 0.6) is 0 Å². The second-order valence-electron chi connectivity index (χ2n) is 4.98. The maximum atomic E-state index is 12.1. The van der Waals surface area contributed by atoms with Gasteiger partial charge in [0, 0.05) is 17.2 Å². The zero-order chi connectivity index (χ0) is 13.2. The minimum atomic E-state index is -0.138. The van der Waals surface area contributed by atoms with Crippen LogP contribution < -0.4 is 11.1 Å². The number of halogens is 1. The highest BCUT2D eigenvalue weighted by Gasteiger charge is 2.35. The van der Waals surface area contributed by atoms with Gasteiger partial charge >= 0.3 is 0 Å². The van der Waals surface area contributed by atoms with Crippen molar-refractivity contribution in [3.05, 3.63) is 22.3 Å². The number of hydrogen-bond acceptors (Lipinski definition) is 3. The Balaban J connectivity index is 2.01. The van der Waals surface area contributed by atoms with Gasteiger partial charge in [-0.1, -0.05) is 13.3 Å². The molecule has 2 rings (SSSR count). The predicted octanol–water partition coefficient (Wildman–Crippen LogP) is 2.74. The van der Waals surface area contributed by atoms with Crippen LogP contribution in [0.15, 0.2) is 16.7 Å². The lowest BCUT2D eigenvalue weighted by atomic mass is 9.67. The third kappa shape index (κ3) is 2.66. The fraction of sp³-hybridized carbons (Fsp3) is 0.538. The van der Waals surface area contributed by atoms with Gasteiger partial charge in [-0.25, -0.2) is 4.98 Å². The molecule has 1 aromatic heterocycles. The molecule has 0 radical (unpaired) electrons. The number of nitrogens with one attached hydrogen (secondary N) is 1. The molecule has 0 atom stereocenters. The SMILES string of the molecule is CCC1(CNC(=O)c2cc(Br)cnc2N)CCC1. The number of pyridine rings is 1. The Morgan fingerprint density at radius 3 is 2.89 bits per heavy atom. The van der Waals surface area contributed by atoms with Gasteiger partial charge in [0.25, 0.3) is 5.91 Å². The summed E-state index contributed by atoms with van der Waals surface area (Å²) in [5.41, 5.74) is 6.47. The molecule has 0 bridgehead atoms. The summed E-state index contributed by atoms with van der Waals surface area (Å²) in [6, 6.07) is 1.71. The van der Waals surface area contributed by atoms with E-state index in [4.69, 9.17) is 5.73 Å². The van der Waals surface area contributed by atoms with Gasteiger partial charge in [-0.3, -0.25) is 4.79 Å². The van der Waals surface area contributed by atoms with Gasteiger partial charge in [-0.05, 0) is 46.7 Å². The summed E-state index contributed by atoms with van der Waals surface area (Å²) in [5, 5.41) is 2.98. The van der Waals surface area contributed by atoms with Crippen LogP contribution in [-0.2, 0) is 0 Å². The van der Waals surface area contributed by atoms with E-state index in [0.29, 0.717) is 11.0 Å². The number of carbonyl (C=O) groups is 1. The first-order valence-electron chi connectivity index (χ1n) is 6.25.